The van der Waals surface area contributed by atoms with Crippen molar-refractivity contribution in [3.63, 3.8) is 0 Å². The lowest BCUT2D eigenvalue weighted by Gasteiger charge is -2.09. The van der Waals surface area contributed by atoms with Crippen LogP contribution < -0.4 is 10.6 Å². The second-order valence-electron chi connectivity index (χ2n) is 6.04. The van der Waals surface area contributed by atoms with E-state index in [-0.39, 0.29) is 0 Å². The molecule has 3 rings (SSSR count). The van der Waals surface area contributed by atoms with Crippen LogP contribution >= 0.6 is 12.2 Å². The molecule has 1 aromatic carbocycles. The average Bonchev–Trinajstić information content (AvgIpc) is 3.15. The number of rotatable bonds is 5. The van der Waals surface area contributed by atoms with Crippen molar-refractivity contribution >= 4 is 23.0 Å². The number of aryl methyl sites for hydroxylation is 2. The monoisotopic (exact) mass is 354 g/mol. The number of aromatic nitrogens is 4. The second kappa shape index (κ2) is 7.48. The van der Waals surface area contributed by atoms with Gasteiger partial charge in [-0.25, -0.2) is 0 Å². The molecule has 0 spiro atoms. The molecule has 7 heteroatoms. The summed E-state index contributed by atoms with van der Waals surface area (Å²) < 4.78 is 3.75. The minimum atomic E-state index is 0.568. The molecule has 6 nitrogen and oxygen atoms in total. The van der Waals surface area contributed by atoms with E-state index in [0.717, 1.165) is 23.5 Å². The van der Waals surface area contributed by atoms with E-state index < -0.39 is 0 Å². The second-order valence-corrected chi connectivity index (χ2v) is 6.45. The third-order valence-electron chi connectivity index (χ3n) is 4.26. The number of hydrogen-bond donors (Lipinski definition) is 2. The van der Waals surface area contributed by atoms with Crippen molar-refractivity contribution in [2.75, 3.05) is 5.32 Å². The number of thiocarbonyl (C=S) groups is 1. The number of nitrogens with zero attached hydrogens (tertiary/aromatic N) is 4. The first-order valence-electron chi connectivity index (χ1n) is 8.12. The van der Waals surface area contributed by atoms with Crippen LogP contribution in [0.4, 0.5) is 5.69 Å². The SMILES string of the molecule is Cc1ccccc1Cn1cc(NC(=S)NCc2cnn(C)c2C)cn1. The van der Waals surface area contributed by atoms with Crippen LogP contribution in [0.5, 0.6) is 0 Å². The minimum Gasteiger partial charge on any atom is -0.358 e. The molecular weight excluding hydrogens is 332 g/mol. The van der Waals surface area contributed by atoms with Gasteiger partial charge in [-0.3, -0.25) is 9.36 Å². The summed E-state index contributed by atoms with van der Waals surface area (Å²) in [5, 5.41) is 15.6. The number of nitrogens with one attached hydrogen (secondary N) is 2. The Morgan fingerprint density at radius 3 is 2.64 bits per heavy atom. The Labute approximate surface area is 152 Å². The van der Waals surface area contributed by atoms with Crippen molar-refractivity contribution in [1.82, 2.24) is 24.9 Å². The minimum absolute atomic E-state index is 0.568. The van der Waals surface area contributed by atoms with Crippen LogP contribution in [0.15, 0.2) is 42.9 Å². The molecule has 2 N–H and O–H groups in total. The molecule has 3 aromatic rings. The summed E-state index contributed by atoms with van der Waals surface area (Å²) in [6.45, 7) is 5.53. The Morgan fingerprint density at radius 2 is 1.92 bits per heavy atom. The first-order valence-corrected chi connectivity index (χ1v) is 8.53. The molecule has 0 unspecified atom stereocenters. The molecule has 0 saturated carbocycles. The number of anilines is 1. The van der Waals surface area contributed by atoms with Gasteiger partial charge in [0.15, 0.2) is 5.11 Å². The van der Waals surface area contributed by atoms with E-state index in [0.29, 0.717) is 11.7 Å². The highest BCUT2D eigenvalue weighted by atomic mass is 32.1. The predicted octanol–water partition coefficient (Wildman–Crippen LogP) is 2.77. The van der Waals surface area contributed by atoms with Crippen molar-refractivity contribution in [2.45, 2.75) is 26.9 Å². The Hall–Kier alpha value is -2.67. The van der Waals surface area contributed by atoms with Crippen molar-refractivity contribution in [2.24, 2.45) is 7.05 Å². The van der Waals surface area contributed by atoms with Crippen LogP contribution in [0.25, 0.3) is 0 Å². The molecule has 2 heterocycles. The standard InChI is InChI=1S/C18H22N6S/c1-13-6-4-5-7-15(13)11-24-12-17(10-21-24)22-18(25)19-8-16-9-20-23(3)14(16)2/h4-7,9-10,12H,8,11H2,1-3H3,(H2,19,22,25). The fourth-order valence-electron chi connectivity index (χ4n) is 2.55. The number of hydrogen-bond acceptors (Lipinski definition) is 3. The van der Waals surface area contributed by atoms with E-state index in [9.17, 15) is 0 Å². The van der Waals surface area contributed by atoms with Gasteiger partial charge < -0.3 is 10.6 Å². The van der Waals surface area contributed by atoms with Gasteiger partial charge in [-0.1, -0.05) is 24.3 Å². The van der Waals surface area contributed by atoms with Gasteiger partial charge in [0, 0.05) is 31.0 Å². The molecule has 25 heavy (non-hydrogen) atoms. The van der Waals surface area contributed by atoms with Gasteiger partial charge in [-0.15, -0.1) is 0 Å². The molecule has 0 fully saturated rings. The van der Waals surface area contributed by atoms with Gasteiger partial charge in [0.2, 0.25) is 0 Å². The molecular formula is C18H22N6S. The van der Waals surface area contributed by atoms with Gasteiger partial charge in [0.05, 0.1) is 24.6 Å². The summed E-state index contributed by atoms with van der Waals surface area (Å²) in [5.74, 6) is 0. The summed E-state index contributed by atoms with van der Waals surface area (Å²) in [5.41, 5.74) is 5.64. The van der Waals surface area contributed by atoms with Gasteiger partial charge in [-0.05, 0) is 37.2 Å². The zero-order valence-corrected chi connectivity index (χ0v) is 15.5. The van der Waals surface area contributed by atoms with Crippen LogP contribution in [-0.2, 0) is 20.1 Å². The van der Waals surface area contributed by atoms with Crippen molar-refractivity contribution in [1.29, 1.82) is 0 Å². The van der Waals surface area contributed by atoms with Gasteiger partial charge in [-0.2, -0.15) is 10.2 Å². The molecule has 0 aliphatic rings. The van der Waals surface area contributed by atoms with Gasteiger partial charge in [0.1, 0.15) is 0 Å². The highest BCUT2D eigenvalue weighted by molar-refractivity contribution is 7.80. The normalized spacial score (nSPS) is 10.7. The molecule has 0 bridgehead atoms. The predicted molar refractivity (Wildman–Crippen MR) is 104 cm³/mol. The molecule has 0 amide bonds. The van der Waals surface area contributed by atoms with Crippen LogP contribution in [0.3, 0.4) is 0 Å². The van der Waals surface area contributed by atoms with Crippen molar-refractivity contribution < 1.29 is 0 Å². The lowest BCUT2D eigenvalue weighted by Crippen LogP contribution is -2.27. The first kappa shape index (κ1) is 17.2. The molecule has 0 aliphatic heterocycles. The van der Waals surface area contributed by atoms with Crippen molar-refractivity contribution in [3.8, 4) is 0 Å². The lowest BCUT2D eigenvalue weighted by molar-refractivity contribution is 0.684. The van der Waals surface area contributed by atoms with E-state index >= 15 is 0 Å². The topological polar surface area (TPSA) is 59.7 Å². The fourth-order valence-corrected chi connectivity index (χ4v) is 2.74. The van der Waals surface area contributed by atoms with Crippen LogP contribution in [-0.4, -0.2) is 24.7 Å². The highest BCUT2D eigenvalue weighted by Crippen LogP contribution is 2.11. The molecule has 0 saturated heterocycles. The van der Waals surface area contributed by atoms with E-state index in [1.807, 2.05) is 47.9 Å². The van der Waals surface area contributed by atoms with Crippen LogP contribution in [0.2, 0.25) is 0 Å². The summed E-state index contributed by atoms with van der Waals surface area (Å²) in [7, 11) is 1.93. The zero-order chi connectivity index (χ0) is 17.8. The van der Waals surface area contributed by atoms with Crippen molar-refractivity contribution in [3.05, 3.63) is 65.2 Å². The maximum atomic E-state index is 5.36. The maximum Gasteiger partial charge on any atom is 0.171 e. The summed E-state index contributed by atoms with van der Waals surface area (Å²) >= 11 is 5.36. The fraction of sp³-hybridized carbons (Fsp3) is 0.278. The number of benzene rings is 1. The van der Waals surface area contributed by atoms with E-state index in [4.69, 9.17) is 12.2 Å². The summed E-state index contributed by atoms with van der Waals surface area (Å²) in [6.07, 6.45) is 5.59. The smallest absolute Gasteiger partial charge is 0.171 e. The quantitative estimate of drug-likeness (QED) is 0.690. The largest absolute Gasteiger partial charge is 0.358 e. The molecule has 0 atom stereocenters. The molecule has 0 aliphatic carbocycles. The average molecular weight is 354 g/mol. The Bertz CT molecular complexity index is 879. The Balaban J connectivity index is 1.55. The molecule has 0 radical (unpaired) electrons. The molecule has 2 aromatic heterocycles. The summed E-state index contributed by atoms with van der Waals surface area (Å²) in [4.78, 5) is 0. The van der Waals surface area contributed by atoms with Crippen LogP contribution in [0, 0.1) is 13.8 Å². The first-order chi connectivity index (χ1) is 12.0. The Kier molecular flexibility index (Phi) is 5.14. The zero-order valence-electron chi connectivity index (χ0n) is 14.7. The van der Waals surface area contributed by atoms with E-state index in [1.165, 1.54) is 11.1 Å². The summed E-state index contributed by atoms with van der Waals surface area (Å²) in [6, 6.07) is 8.32. The van der Waals surface area contributed by atoms with Crippen LogP contribution in [0.1, 0.15) is 22.4 Å². The maximum absolute atomic E-state index is 5.36. The molecule has 130 valence electrons. The third-order valence-corrected chi connectivity index (χ3v) is 4.51. The Morgan fingerprint density at radius 1 is 1.12 bits per heavy atom. The highest BCUT2D eigenvalue weighted by Gasteiger charge is 2.06. The lowest BCUT2D eigenvalue weighted by atomic mass is 10.1. The van der Waals surface area contributed by atoms with E-state index in [2.05, 4.69) is 39.9 Å². The third kappa shape index (κ3) is 4.24. The van der Waals surface area contributed by atoms with Gasteiger partial charge in [0.25, 0.3) is 0 Å². The van der Waals surface area contributed by atoms with E-state index in [1.54, 1.807) is 6.20 Å². The van der Waals surface area contributed by atoms with Gasteiger partial charge >= 0.3 is 0 Å².